The molecule has 1 unspecified atom stereocenters. The summed E-state index contributed by atoms with van der Waals surface area (Å²) in [6.07, 6.45) is 2.42. The lowest BCUT2D eigenvalue weighted by Crippen LogP contribution is -1.94. The van der Waals surface area contributed by atoms with Crippen molar-refractivity contribution in [2.75, 3.05) is 0 Å². The summed E-state index contributed by atoms with van der Waals surface area (Å²) in [7, 11) is 0. The molecular weight excluding hydrogens is 186 g/mol. The Morgan fingerprint density at radius 3 is 2.87 bits per heavy atom. The summed E-state index contributed by atoms with van der Waals surface area (Å²) in [5.74, 6) is 0. The number of nitrogens with zero attached hydrogens (tertiary/aromatic N) is 1. The first-order chi connectivity index (χ1) is 7.19. The molecule has 78 valence electrons. The second-order valence-corrected chi connectivity index (χ2v) is 3.55. The minimum Gasteiger partial charge on any atom is -0.211 e. The highest BCUT2D eigenvalue weighted by atomic mass is 16.1. The van der Waals surface area contributed by atoms with Crippen LogP contribution in [0.25, 0.3) is 5.57 Å². The van der Waals surface area contributed by atoms with Gasteiger partial charge in [0.25, 0.3) is 0 Å². The van der Waals surface area contributed by atoms with Gasteiger partial charge in [0.2, 0.25) is 6.08 Å². The van der Waals surface area contributed by atoms with Gasteiger partial charge >= 0.3 is 0 Å². The molecule has 0 saturated heterocycles. The van der Waals surface area contributed by atoms with Gasteiger partial charge in [0.05, 0.1) is 6.04 Å². The molecule has 0 radical (unpaired) electrons. The highest BCUT2D eigenvalue weighted by molar-refractivity contribution is 5.62. The third-order valence-corrected chi connectivity index (χ3v) is 2.36. The van der Waals surface area contributed by atoms with Gasteiger partial charge in [-0.3, -0.25) is 0 Å². The smallest absolute Gasteiger partial charge is 0.211 e. The van der Waals surface area contributed by atoms with E-state index in [9.17, 15) is 4.79 Å². The van der Waals surface area contributed by atoms with E-state index in [0.717, 1.165) is 23.1 Å². The van der Waals surface area contributed by atoms with Gasteiger partial charge < -0.3 is 0 Å². The number of aliphatic imine (C=N–C) groups is 1. The Balaban J connectivity index is 3.07. The number of hydrogen-bond acceptors (Lipinski definition) is 2. The van der Waals surface area contributed by atoms with Gasteiger partial charge in [-0.15, -0.1) is 0 Å². The van der Waals surface area contributed by atoms with Crippen LogP contribution in [0.15, 0.2) is 35.8 Å². The van der Waals surface area contributed by atoms with Crippen molar-refractivity contribution in [1.82, 2.24) is 0 Å². The lowest BCUT2D eigenvalue weighted by molar-refractivity contribution is 0.556. The van der Waals surface area contributed by atoms with Crippen LogP contribution in [0.1, 0.15) is 37.4 Å². The molecule has 0 aromatic heterocycles. The number of allylic oxidation sites excluding steroid dienone is 1. The molecule has 0 saturated carbocycles. The van der Waals surface area contributed by atoms with Crippen molar-refractivity contribution in [2.24, 2.45) is 4.99 Å². The molecular formula is C13H15NO. The summed E-state index contributed by atoms with van der Waals surface area (Å²) in [6, 6.07) is 7.88. The molecule has 1 atom stereocenters. The van der Waals surface area contributed by atoms with E-state index in [2.05, 4.69) is 11.6 Å². The van der Waals surface area contributed by atoms with Crippen molar-refractivity contribution >= 4 is 11.7 Å². The molecule has 2 heteroatoms. The zero-order chi connectivity index (χ0) is 11.3. The zero-order valence-corrected chi connectivity index (χ0v) is 9.16. The predicted octanol–water partition coefficient (Wildman–Crippen LogP) is 3.51. The number of isocyanates is 1. The van der Waals surface area contributed by atoms with Crippen LogP contribution in [-0.4, -0.2) is 6.08 Å². The Morgan fingerprint density at radius 1 is 1.60 bits per heavy atom. The normalized spacial score (nSPS) is 11.6. The molecule has 1 rings (SSSR count). The van der Waals surface area contributed by atoms with Crippen LogP contribution in [0.2, 0.25) is 0 Å². The Labute approximate surface area is 90.4 Å². The summed E-state index contributed by atoms with van der Waals surface area (Å²) >= 11 is 0. The van der Waals surface area contributed by atoms with Crippen molar-refractivity contribution < 1.29 is 4.79 Å². The quantitative estimate of drug-likeness (QED) is 0.541. The molecule has 1 aromatic rings. The standard InChI is InChI=1S/C13H15NO/c1-4-13(14-9-15)12-7-5-6-11(8-12)10(2)3/h5-8,13H,2,4H2,1,3H3. The van der Waals surface area contributed by atoms with Gasteiger partial charge in [0, 0.05) is 0 Å². The van der Waals surface area contributed by atoms with Crippen LogP contribution in [0, 0.1) is 0 Å². The predicted molar refractivity (Wildman–Crippen MR) is 62.3 cm³/mol. The van der Waals surface area contributed by atoms with Gasteiger partial charge in [-0.25, -0.2) is 4.79 Å². The first kappa shape index (κ1) is 11.4. The molecule has 0 heterocycles. The topological polar surface area (TPSA) is 29.4 Å². The number of rotatable bonds is 4. The molecule has 0 N–H and O–H groups in total. The van der Waals surface area contributed by atoms with E-state index >= 15 is 0 Å². The van der Waals surface area contributed by atoms with Gasteiger partial charge in [0.1, 0.15) is 0 Å². The van der Waals surface area contributed by atoms with E-state index in [0.29, 0.717) is 0 Å². The van der Waals surface area contributed by atoms with E-state index in [4.69, 9.17) is 0 Å². The molecule has 0 amide bonds. The van der Waals surface area contributed by atoms with Crippen molar-refractivity contribution in [3.05, 3.63) is 42.0 Å². The first-order valence-electron chi connectivity index (χ1n) is 5.01. The lowest BCUT2D eigenvalue weighted by Gasteiger charge is -2.09. The van der Waals surface area contributed by atoms with Crippen molar-refractivity contribution in [3.8, 4) is 0 Å². The number of carbonyl (C=O) groups excluding carboxylic acids is 1. The van der Waals surface area contributed by atoms with Gasteiger partial charge in [0.15, 0.2) is 0 Å². The summed E-state index contributed by atoms with van der Waals surface area (Å²) in [6.45, 7) is 7.85. The first-order valence-corrected chi connectivity index (χ1v) is 5.01. The van der Waals surface area contributed by atoms with Crippen LogP contribution in [0.4, 0.5) is 0 Å². The molecule has 0 fully saturated rings. The fraction of sp³-hybridized carbons (Fsp3) is 0.308. The summed E-state index contributed by atoms with van der Waals surface area (Å²) in [4.78, 5) is 14.0. The fourth-order valence-corrected chi connectivity index (χ4v) is 1.48. The Kier molecular flexibility index (Phi) is 4.02. The monoisotopic (exact) mass is 201 g/mol. The van der Waals surface area contributed by atoms with Crippen molar-refractivity contribution in [3.63, 3.8) is 0 Å². The SMILES string of the molecule is C=C(C)c1cccc(C(CC)N=C=O)c1. The van der Waals surface area contributed by atoms with Crippen LogP contribution in [0.3, 0.4) is 0 Å². The summed E-state index contributed by atoms with van der Waals surface area (Å²) in [5, 5.41) is 0. The Hall–Kier alpha value is -1.66. The van der Waals surface area contributed by atoms with E-state index in [1.165, 1.54) is 0 Å². The van der Waals surface area contributed by atoms with E-state index in [1.807, 2.05) is 38.1 Å². The third-order valence-electron chi connectivity index (χ3n) is 2.36. The summed E-state index contributed by atoms with van der Waals surface area (Å²) < 4.78 is 0. The number of benzene rings is 1. The van der Waals surface area contributed by atoms with Crippen LogP contribution in [-0.2, 0) is 4.79 Å². The van der Waals surface area contributed by atoms with E-state index in [1.54, 1.807) is 6.08 Å². The Bertz CT molecular complexity index is 403. The van der Waals surface area contributed by atoms with Crippen molar-refractivity contribution in [1.29, 1.82) is 0 Å². The average Bonchev–Trinajstić information content (AvgIpc) is 2.26. The molecule has 0 aliphatic rings. The highest BCUT2D eigenvalue weighted by Crippen LogP contribution is 2.23. The molecule has 0 spiro atoms. The summed E-state index contributed by atoms with van der Waals surface area (Å²) in [5.41, 5.74) is 3.15. The molecule has 0 aliphatic carbocycles. The molecule has 15 heavy (non-hydrogen) atoms. The molecule has 0 aliphatic heterocycles. The largest absolute Gasteiger partial charge is 0.235 e. The highest BCUT2D eigenvalue weighted by Gasteiger charge is 2.07. The van der Waals surface area contributed by atoms with Crippen molar-refractivity contribution in [2.45, 2.75) is 26.3 Å². The molecule has 1 aromatic carbocycles. The van der Waals surface area contributed by atoms with Gasteiger partial charge in [-0.2, -0.15) is 4.99 Å². The maximum absolute atomic E-state index is 10.3. The van der Waals surface area contributed by atoms with Crippen LogP contribution in [0.5, 0.6) is 0 Å². The van der Waals surface area contributed by atoms with E-state index in [-0.39, 0.29) is 6.04 Å². The third kappa shape index (κ3) is 2.90. The Morgan fingerprint density at radius 2 is 2.33 bits per heavy atom. The van der Waals surface area contributed by atoms with E-state index < -0.39 is 0 Å². The average molecular weight is 201 g/mol. The lowest BCUT2D eigenvalue weighted by atomic mass is 10.00. The van der Waals surface area contributed by atoms with Gasteiger partial charge in [-0.05, 0) is 30.5 Å². The second-order valence-electron chi connectivity index (χ2n) is 3.55. The fourth-order valence-electron chi connectivity index (χ4n) is 1.48. The van der Waals surface area contributed by atoms with Gasteiger partial charge in [-0.1, -0.05) is 37.3 Å². The number of hydrogen-bond donors (Lipinski definition) is 0. The zero-order valence-electron chi connectivity index (χ0n) is 9.16. The maximum atomic E-state index is 10.3. The van der Waals surface area contributed by atoms with Crippen LogP contribution >= 0.6 is 0 Å². The van der Waals surface area contributed by atoms with Crippen LogP contribution < -0.4 is 0 Å². The molecule has 0 bridgehead atoms. The minimum absolute atomic E-state index is 0.0817. The minimum atomic E-state index is -0.0817. The molecule has 2 nitrogen and oxygen atoms in total. The second kappa shape index (κ2) is 5.28. The maximum Gasteiger partial charge on any atom is 0.235 e.